The monoisotopic (exact) mass is 248 g/mol. The van der Waals surface area contributed by atoms with E-state index in [1.54, 1.807) is 36.0 Å². The van der Waals surface area contributed by atoms with E-state index < -0.39 is 5.60 Å². The molecule has 0 saturated heterocycles. The molecule has 3 nitrogen and oxygen atoms in total. The second-order valence-electron chi connectivity index (χ2n) is 4.70. The summed E-state index contributed by atoms with van der Waals surface area (Å²) >= 11 is 0. The summed E-state index contributed by atoms with van der Waals surface area (Å²) in [4.78, 5) is 0. The summed E-state index contributed by atoms with van der Waals surface area (Å²) in [6, 6.07) is 8.25. The minimum absolute atomic E-state index is 0.340. The van der Waals surface area contributed by atoms with Gasteiger partial charge in [0.1, 0.15) is 5.82 Å². The fourth-order valence-electron chi connectivity index (χ4n) is 2.05. The van der Waals surface area contributed by atoms with Crippen LogP contribution < -0.4 is 0 Å². The molecule has 96 valence electrons. The van der Waals surface area contributed by atoms with Crippen molar-refractivity contribution in [2.45, 2.75) is 25.4 Å². The third-order valence-corrected chi connectivity index (χ3v) is 3.24. The summed E-state index contributed by atoms with van der Waals surface area (Å²) in [7, 11) is 1.85. The maximum atomic E-state index is 13.7. The molecule has 1 aromatic heterocycles. The first kappa shape index (κ1) is 12.8. The van der Waals surface area contributed by atoms with Crippen molar-refractivity contribution in [2.24, 2.45) is 7.05 Å². The first-order valence-electron chi connectivity index (χ1n) is 5.95. The first-order valence-corrected chi connectivity index (χ1v) is 5.95. The molecular weight excluding hydrogens is 231 g/mol. The maximum Gasteiger partial charge on any atom is 0.129 e. The number of rotatable bonds is 4. The van der Waals surface area contributed by atoms with E-state index in [-0.39, 0.29) is 5.82 Å². The van der Waals surface area contributed by atoms with E-state index in [4.69, 9.17) is 0 Å². The topological polar surface area (TPSA) is 38.0 Å². The van der Waals surface area contributed by atoms with E-state index in [1.165, 1.54) is 6.07 Å². The molecule has 2 rings (SSSR count). The molecule has 2 aromatic rings. The Bertz CT molecular complexity index is 534. The fraction of sp³-hybridized carbons (Fsp3) is 0.357. The molecule has 0 aliphatic rings. The third kappa shape index (κ3) is 2.59. The van der Waals surface area contributed by atoms with Gasteiger partial charge in [-0.1, -0.05) is 18.2 Å². The molecule has 0 bridgehead atoms. The molecular formula is C14H17FN2O. The van der Waals surface area contributed by atoms with Crippen LogP contribution in [0.4, 0.5) is 4.39 Å². The summed E-state index contributed by atoms with van der Waals surface area (Å²) in [6.07, 6.45) is 2.82. The smallest absolute Gasteiger partial charge is 0.129 e. The van der Waals surface area contributed by atoms with Crippen LogP contribution in [0.2, 0.25) is 0 Å². The van der Waals surface area contributed by atoms with Crippen molar-refractivity contribution in [2.75, 3.05) is 0 Å². The van der Waals surface area contributed by atoms with E-state index in [2.05, 4.69) is 5.10 Å². The van der Waals surface area contributed by atoms with Crippen molar-refractivity contribution in [3.63, 3.8) is 0 Å². The average molecular weight is 248 g/mol. The Morgan fingerprint density at radius 3 is 2.67 bits per heavy atom. The average Bonchev–Trinajstić information content (AvgIpc) is 2.73. The van der Waals surface area contributed by atoms with Crippen LogP contribution in [-0.2, 0) is 19.1 Å². The lowest BCUT2D eigenvalue weighted by molar-refractivity contribution is 0.0439. The van der Waals surface area contributed by atoms with Crippen LogP contribution in [0.5, 0.6) is 0 Å². The van der Waals surface area contributed by atoms with Gasteiger partial charge < -0.3 is 5.11 Å². The first-order chi connectivity index (χ1) is 8.50. The van der Waals surface area contributed by atoms with Gasteiger partial charge in [-0.25, -0.2) is 4.39 Å². The molecule has 18 heavy (non-hydrogen) atoms. The number of nitrogens with zero attached hydrogens (tertiary/aromatic N) is 2. The van der Waals surface area contributed by atoms with Gasteiger partial charge >= 0.3 is 0 Å². The second kappa shape index (κ2) is 4.90. The molecule has 1 N–H and O–H groups in total. The van der Waals surface area contributed by atoms with Crippen molar-refractivity contribution < 1.29 is 9.50 Å². The van der Waals surface area contributed by atoms with Gasteiger partial charge in [-0.15, -0.1) is 0 Å². The molecule has 0 spiro atoms. The van der Waals surface area contributed by atoms with Crippen molar-refractivity contribution >= 4 is 0 Å². The van der Waals surface area contributed by atoms with Crippen molar-refractivity contribution in [1.29, 1.82) is 0 Å². The van der Waals surface area contributed by atoms with E-state index in [1.807, 2.05) is 13.1 Å². The van der Waals surface area contributed by atoms with E-state index in [0.29, 0.717) is 18.4 Å². The lowest BCUT2D eigenvalue weighted by Gasteiger charge is -2.24. The van der Waals surface area contributed by atoms with Gasteiger partial charge in [0.25, 0.3) is 0 Å². The minimum Gasteiger partial charge on any atom is -0.385 e. The summed E-state index contributed by atoms with van der Waals surface area (Å²) in [5.74, 6) is -0.368. The maximum absolute atomic E-state index is 13.7. The molecule has 0 saturated carbocycles. The Balaban J connectivity index is 2.13. The summed E-state index contributed by atoms with van der Waals surface area (Å²) in [6.45, 7) is 1.64. The largest absolute Gasteiger partial charge is 0.385 e. The lowest BCUT2D eigenvalue weighted by Crippen LogP contribution is -2.24. The number of hydrogen-bond donors (Lipinski definition) is 1. The Hall–Kier alpha value is -1.68. The molecule has 0 radical (unpaired) electrons. The number of halogens is 1. The highest BCUT2D eigenvalue weighted by Crippen LogP contribution is 2.28. The van der Waals surface area contributed by atoms with Crippen LogP contribution in [0.1, 0.15) is 24.6 Å². The molecule has 0 amide bonds. The standard InChI is InChI=1S/C14H17FN2O/c1-14(18,12-5-3-4-6-13(12)15)9-7-11-8-10-16-17(11)2/h3-6,8,10,18H,7,9H2,1-2H3. The van der Waals surface area contributed by atoms with Crippen molar-refractivity contribution in [3.8, 4) is 0 Å². The van der Waals surface area contributed by atoms with Crippen LogP contribution in [-0.4, -0.2) is 14.9 Å². The SMILES string of the molecule is Cn1nccc1CCC(C)(O)c1ccccc1F. The molecule has 1 heterocycles. The molecule has 1 aromatic carbocycles. The lowest BCUT2D eigenvalue weighted by atomic mass is 9.90. The zero-order valence-electron chi connectivity index (χ0n) is 10.6. The Morgan fingerprint density at radius 2 is 2.06 bits per heavy atom. The van der Waals surface area contributed by atoms with Gasteiger partial charge in [-0.3, -0.25) is 4.68 Å². The van der Waals surface area contributed by atoms with E-state index in [9.17, 15) is 9.50 Å². The van der Waals surface area contributed by atoms with Crippen molar-refractivity contribution in [3.05, 3.63) is 53.6 Å². The van der Waals surface area contributed by atoms with Gasteiger partial charge in [0.2, 0.25) is 0 Å². The molecule has 0 aliphatic heterocycles. The van der Waals surface area contributed by atoms with Crippen LogP contribution in [0.15, 0.2) is 36.5 Å². The Kier molecular flexibility index (Phi) is 3.48. The number of aryl methyl sites for hydroxylation is 2. The fourth-order valence-corrected chi connectivity index (χ4v) is 2.05. The van der Waals surface area contributed by atoms with Gasteiger partial charge in [0.15, 0.2) is 0 Å². The van der Waals surface area contributed by atoms with Crippen LogP contribution in [0.25, 0.3) is 0 Å². The van der Waals surface area contributed by atoms with E-state index >= 15 is 0 Å². The highest BCUT2D eigenvalue weighted by atomic mass is 19.1. The zero-order chi connectivity index (χ0) is 13.2. The predicted molar refractivity (Wildman–Crippen MR) is 67.5 cm³/mol. The highest BCUT2D eigenvalue weighted by molar-refractivity contribution is 5.23. The Labute approximate surface area is 106 Å². The molecule has 0 aliphatic carbocycles. The number of benzene rings is 1. The third-order valence-electron chi connectivity index (χ3n) is 3.24. The Morgan fingerprint density at radius 1 is 1.33 bits per heavy atom. The minimum atomic E-state index is -1.17. The van der Waals surface area contributed by atoms with Crippen molar-refractivity contribution in [1.82, 2.24) is 9.78 Å². The second-order valence-corrected chi connectivity index (χ2v) is 4.70. The summed E-state index contributed by atoms with van der Waals surface area (Å²) < 4.78 is 15.4. The number of aromatic nitrogens is 2. The molecule has 1 atom stereocenters. The number of hydrogen-bond acceptors (Lipinski definition) is 2. The molecule has 0 fully saturated rings. The van der Waals surface area contributed by atoms with Crippen LogP contribution in [0, 0.1) is 5.82 Å². The molecule has 4 heteroatoms. The van der Waals surface area contributed by atoms with Gasteiger partial charge in [-0.05, 0) is 31.9 Å². The molecule has 1 unspecified atom stereocenters. The normalized spacial score (nSPS) is 14.4. The zero-order valence-corrected chi connectivity index (χ0v) is 10.6. The summed E-state index contributed by atoms with van der Waals surface area (Å²) in [5, 5.41) is 14.5. The van der Waals surface area contributed by atoms with Crippen LogP contribution >= 0.6 is 0 Å². The quantitative estimate of drug-likeness (QED) is 0.902. The van der Waals surface area contributed by atoms with E-state index in [0.717, 1.165) is 5.69 Å². The number of aliphatic hydroxyl groups is 1. The van der Waals surface area contributed by atoms with Gasteiger partial charge in [0.05, 0.1) is 5.60 Å². The summed E-state index contributed by atoms with van der Waals surface area (Å²) in [5.41, 5.74) is 0.189. The van der Waals surface area contributed by atoms with Crippen LogP contribution in [0.3, 0.4) is 0 Å². The van der Waals surface area contributed by atoms with Gasteiger partial charge in [-0.2, -0.15) is 5.10 Å². The van der Waals surface area contributed by atoms with Gasteiger partial charge in [0, 0.05) is 24.5 Å². The predicted octanol–water partition coefficient (Wildman–Crippen LogP) is 2.40. The highest BCUT2D eigenvalue weighted by Gasteiger charge is 2.26.